The average molecular weight is 359 g/mol. The first-order chi connectivity index (χ1) is 12.7. The van der Waals surface area contributed by atoms with Gasteiger partial charge in [0.1, 0.15) is 18.1 Å². The highest BCUT2D eigenvalue weighted by Crippen LogP contribution is 2.16. The van der Waals surface area contributed by atoms with E-state index in [1.165, 1.54) is 5.56 Å². The van der Waals surface area contributed by atoms with Crippen LogP contribution >= 0.6 is 0 Å². The van der Waals surface area contributed by atoms with Crippen molar-refractivity contribution in [3.63, 3.8) is 0 Å². The highest BCUT2D eigenvalue weighted by atomic mass is 16.5. The van der Waals surface area contributed by atoms with E-state index in [2.05, 4.69) is 27.6 Å². The second kappa shape index (κ2) is 11.0. The van der Waals surface area contributed by atoms with Gasteiger partial charge in [0.05, 0.1) is 19.9 Å². The Bertz CT molecular complexity index is 667. The molecule has 0 aliphatic carbocycles. The number of rotatable bonds is 10. The molecule has 1 heterocycles. The van der Waals surface area contributed by atoms with Gasteiger partial charge in [-0.05, 0) is 49.6 Å². The minimum Gasteiger partial charge on any atom is -0.497 e. The first kappa shape index (κ1) is 19.6. The molecule has 2 rings (SSSR count). The van der Waals surface area contributed by atoms with Gasteiger partial charge in [-0.3, -0.25) is 9.67 Å². The van der Waals surface area contributed by atoms with Gasteiger partial charge >= 0.3 is 0 Å². The van der Waals surface area contributed by atoms with Crippen LogP contribution in [-0.2, 0) is 13.5 Å². The number of benzene rings is 1. The molecule has 7 nitrogen and oxygen atoms in total. The lowest BCUT2D eigenvalue weighted by molar-refractivity contribution is 0.321. The second-order valence-corrected chi connectivity index (χ2v) is 5.84. The molecule has 142 valence electrons. The Hall–Kier alpha value is -2.70. The zero-order valence-electron chi connectivity index (χ0n) is 15.9. The lowest BCUT2D eigenvalue weighted by Crippen LogP contribution is -2.39. The summed E-state index contributed by atoms with van der Waals surface area (Å²) >= 11 is 0. The van der Waals surface area contributed by atoms with E-state index in [1.807, 2.05) is 48.4 Å². The maximum atomic E-state index is 5.71. The fourth-order valence-corrected chi connectivity index (χ4v) is 2.43. The van der Waals surface area contributed by atoms with Gasteiger partial charge in [0.2, 0.25) is 0 Å². The van der Waals surface area contributed by atoms with Crippen LogP contribution in [0.25, 0.3) is 0 Å². The summed E-state index contributed by atoms with van der Waals surface area (Å²) in [5, 5.41) is 10.7. The summed E-state index contributed by atoms with van der Waals surface area (Å²) in [5.74, 6) is 2.46. The standard InChI is InChI=1S/C19H29N5O2/c1-4-20-19(21-11-5-6-16-14-23-24(2)15-16)22-12-13-26-18-9-7-17(25-3)8-10-18/h7-10,14-15H,4-6,11-13H2,1-3H3,(H2,20,21,22). The van der Waals surface area contributed by atoms with Crippen molar-refractivity contribution in [2.75, 3.05) is 33.4 Å². The molecule has 0 bridgehead atoms. The number of aromatic nitrogens is 2. The number of nitrogens with zero attached hydrogens (tertiary/aromatic N) is 3. The van der Waals surface area contributed by atoms with Crippen molar-refractivity contribution < 1.29 is 9.47 Å². The van der Waals surface area contributed by atoms with Crippen LogP contribution in [0.2, 0.25) is 0 Å². The summed E-state index contributed by atoms with van der Waals surface area (Å²) in [4.78, 5) is 4.60. The average Bonchev–Trinajstić information content (AvgIpc) is 3.07. The molecule has 2 aromatic rings. The van der Waals surface area contributed by atoms with Gasteiger partial charge in [-0.2, -0.15) is 5.10 Å². The maximum absolute atomic E-state index is 5.71. The van der Waals surface area contributed by atoms with Crippen LogP contribution in [0.1, 0.15) is 18.9 Å². The van der Waals surface area contributed by atoms with Crippen LogP contribution in [0.15, 0.2) is 41.7 Å². The summed E-state index contributed by atoms with van der Waals surface area (Å²) in [6.45, 7) is 4.89. The Labute approximate surface area is 155 Å². The molecule has 0 spiro atoms. The van der Waals surface area contributed by atoms with Gasteiger partial charge in [0.25, 0.3) is 0 Å². The van der Waals surface area contributed by atoms with Gasteiger partial charge in [0.15, 0.2) is 5.96 Å². The quantitative estimate of drug-likeness (QED) is 0.386. The second-order valence-electron chi connectivity index (χ2n) is 5.84. The van der Waals surface area contributed by atoms with Crippen molar-refractivity contribution in [2.45, 2.75) is 19.8 Å². The van der Waals surface area contributed by atoms with Crippen molar-refractivity contribution in [2.24, 2.45) is 12.0 Å². The predicted molar refractivity (Wildman–Crippen MR) is 104 cm³/mol. The van der Waals surface area contributed by atoms with Crippen LogP contribution in [0.4, 0.5) is 0 Å². The van der Waals surface area contributed by atoms with E-state index in [0.29, 0.717) is 13.2 Å². The molecular formula is C19H29N5O2. The Morgan fingerprint density at radius 1 is 1.19 bits per heavy atom. The van der Waals surface area contributed by atoms with Crippen LogP contribution in [0.5, 0.6) is 11.5 Å². The zero-order valence-corrected chi connectivity index (χ0v) is 15.9. The van der Waals surface area contributed by atoms with Crippen molar-refractivity contribution in [1.82, 2.24) is 20.4 Å². The van der Waals surface area contributed by atoms with Crippen molar-refractivity contribution >= 4 is 5.96 Å². The molecule has 0 saturated carbocycles. The molecule has 0 saturated heterocycles. The number of guanidine groups is 1. The third kappa shape index (κ3) is 7.04. The summed E-state index contributed by atoms with van der Waals surface area (Å²) < 4.78 is 12.7. The summed E-state index contributed by atoms with van der Waals surface area (Å²) in [7, 11) is 3.58. The van der Waals surface area contributed by atoms with Crippen molar-refractivity contribution in [3.05, 3.63) is 42.2 Å². The summed E-state index contributed by atoms with van der Waals surface area (Å²) in [6.07, 6.45) is 5.93. The largest absolute Gasteiger partial charge is 0.497 e. The Morgan fingerprint density at radius 3 is 2.62 bits per heavy atom. The maximum Gasteiger partial charge on any atom is 0.191 e. The van der Waals surface area contributed by atoms with Gasteiger partial charge in [-0.15, -0.1) is 0 Å². The molecule has 0 unspecified atom stereocenters. The van der Waals surface area contributed by atoms with Crippen molar-refractivity contribution in [1.29, 1.82) is 0 Å². The lowest BCUT2D eigenvalue weighted by Gasteiger charge is -2.12. The Kier molecular flexibility index (Phi) is 8.32. The monoisotopic (exact) mass is 359 g/mol. The van der Waals surface area contributed by atoms with E-state index in [9.17, 15) is 0 Å². The van der Waals surface area contributed by atoms with E-state index in [-0.39, 0.29) is 0 Å². The van der Waals surface area contributed by atoms with Crippen LogP contribution in [0.3, 0.4) is 0 Å². The molecule has 1 aromatic heterocycles. The number of hydrogen-bond acceptors (Lipinski definition) is 4. The molecule has 2 N–H and O–H groups in total. The minimum absolute atomic E-state index is 0.562. The number of ether oxygens (including phenoxy) is 2. The highest BCUT2D eigenvalue weighted by molar-refractivity contribution is 5.79. The first-order valence-electron chi connectivity index (χ1n) is 8.98. The molecule has 26 heavy (non-hydrogen) atoms. The fourth-order valence-electron chi connectivity index (χ4n) is 2.43. The van der Waals surface area contributed by atoms with Crippen LogP contribution in [-0.4, -0.2) is 49.1 Å². The van der Waals surface area contributed by atoms with E-state index in [0.717, 1.165) is 43.4 Å². The predicted octanol–water partition coefficient (Wildman–Crippen LogP) is 2.00. The molecule has 0 aliphatic heterocycles. The molecule has 0 fully saturated rings. The third-order valence-electron chi connectivity index (χ3n) is 3.72. The van der Waals surface area contributed by atoms with Gasteiger partial charge in [-0.1, -0.05) is 0 Å². The number of aryl methyl sites for hydroxylation is 2. The molecule has 0 aliphatic rings. The molecule has 7 heteroatoms. The molecule has 1 aromatic carbocycles. The molecule has 0 amide bonds. The molecule has 0 atom stereocenters. The number of nitrogens with one attached hydrogen (secondary N) is 2. The van der Waals surface area contributed by atoms with Crippen molar-refractivity contribution in [3.8, 4) is 11.5 Å². The van der Waals surface area contributed by atoms with E-state index < -0.39 is 0 Å². The van der Waals surface area contributed by atoms with Gasteiger partial charge in [-0.25, -0.2) is 0 Å². The van der Waals surface area contributed by atoms with E-state index in [1.54, 1.807) is 7.11 Å². The smallest absolute Gasteiger partial charge is 0.191 e. The van der Waals surface area contributed by atoms with Gasteiger partial charge in [0, 0.05) is 26.3 Å². The Balaban J connectivity index is 1.67. The van der Waals surface area contributed by atoms with Crippen LogP contribution in [0, 0.1) is 0 Å². The first-order valence-corrected chi connectivity index (χ1v) is 8.98. The number of methoxy groups -OCH3 is 1. The minimum atomic E-state index is 0.562. The summed E-state index contributed by atoms with van der Waals surface area (Å²) in [6, 6.07) is 7.57. The van der Waals surface area contributed by atoms with Gasteiger partial charge < -0.3 is 20.1 Å². The van der Waals surface area contributed by atoms with Crippen LogP contribution < -0.4 is 20.1 Å². The topological polar surface area (TPSA) is 72.7 Å². The SMILES string of the molecule is CCNC(=NCCCc1cnn(C)c1)NCCOc1ccc(OC)cc1. The Morgan fingerprint density at radius 2 is 1.96 bits per heavy atom. The summed E-state index contributed by atoms with van der Waals surface area (Å²) in [5.41, 5.74) is 1.24. The van der Waals surface area contributed by atoms with E-state index in [4.69, 9.17) is 9.47 Å². The molecular weight excluding hydrogens is 330 g/mol. The lowest BCUT2D eigenvalue weighted by atomic mass is 10.2. The third-order valence-corrected chi connectivity index (χ3v) is 3.72. The molecule has 0 radical (unpaired) electrons. The number of hydrogen-bond donors (Lipinski definition) is 2. The van der Waals surface area contributed by atoms with E-state index >= 15 is 0 Å². The highest BCUT2D eigenvalue weighted by Gasteiger charge is 1.99. The fraction of sp³-hybridized carbons (Fsp3) is 0.474. The normalized spacial score (nSPS) is 11.3. The number of aliphatic imine (C=N–C) groups is 1. The zero-order chi connectivity index (χ0) is 18.6.